The van der Waals surface area contributed by atoms with E-state index in [1.54, 1.807) is 0 Å². The summed E-state index contributed by atoms with van der Waals surface area (Å²) in [5.74, 6) is 0.696. The molecular weight excluding hydrogens is 228 g/mol. The molecule has 2 N–H and O–H groups in total. The summed E-state index contributed by atoms with van der Waals surface area (Å²) >= 11 is 0. The van der Waals surface area contributed by atoms with Gasteiger partial charge in [0.05, 0.1) is 17.4 Å². The van der Waals surface area contributed by atoms with Crippen LogP contribution in [0.25, 0.3) is 0 Å². The Morgan fingerprint density at radius 3 is 2.67 bits per heavy atom. The molecule has 1 heterocycles. The fourth-order valence-electron chi connectivity index (χ4n) is 1.80. The molecule has 0 saturated heterocycles. The molecule has 1 aromatic heterocycles. The smallest absolute Gasteiger partial charge is 0.126 e. The van der Waals surface area contributed by atoms with Crippen LogP contribution >= 0.6 is 0 Å². The standard InChI is InChI=1S/C13H20N4O/c1-9-5-13(16-10(2)12(9)6-14)15-7-11(18)8-17(3)4/h5,11,18H,7-8H2,1-4H3,(H,15,16)/t11-/m1/s1. The monoisotopic (exact) mass is 248 g/mol. The van der Waals surface area contributed by atoms with Crippen molar-refractivity contribution < 1.29 is 5.11 Å². The van der Waals surface area contributed by atoms with Gasteiger partial charge in [0.2, 0.25) is 0 Å². The number of pyridine rings is 1. The van der Waals surface area contributed by atoms with Crippen molar-refractivity contribution in [1.82, 2.24) is 9.88 Å². The van der Waals surface area contributed by atoms with Crippen LogP contribution in [0.2, 0.25) is 0 Å². The lowest BCUT2D eigenvalue weighted by Gasteiger charge is -2.17. The van der Waals surface area contributed by atoms with E-state index >= 15 is 0 Å². The van der Waals surface area contributed by atoms with Crippen LogP contribution in [-0.4, -0.2) is 48.3 Å². The van der Waals surface area contributed by atoms with Crippen molar-refractivity contribution in [2.24, 2.45) is 0 Å². The van der Waals surface area contributed by atoms with E-state index < -0.39 is 6.10 Å². The Morgan fingerprint density at radius 1 is 1.50 bits per heavy atom. The Hall–Kier alpha value is -1.64. The Morgan fingerprint density at radius 2 is 2.17 bits per heavy atom. The van der Waals surface area contributed by atoms with Gasteiger partial charge < -0.3 is 15.3 Å². The first kappa shape index (κ1) is 14.4. The number of anilines is 1. The van der Waals surface area contributed by atoms with Gasteiger partial charge in [0.15, 0.2) is 0 Å². The quantitative estimate of drug-likeness (QED) is 0.810. The first-order chi connectivity index (χ1) is 8.43. The van der Waals surface area contributed by atoms with Gasteiger partial charge in [-0.05, 0) is 39.6 Å². The third kappa shape index (κ3) is 3.99. The van der Waals surface area contributed by atoms with E-state index in [2.05, 4.69) is 16.4 Å². The van der Waals surface area contributed by atoms with Gasteiger partial charge in [0, 0.05) is 13.1 Å². The third-order valence-corrected chi connectivity index (χ3v) is 2.60. The molecule has 0 aliphatic heterocycles. The maximum atomic E-state index is 9.74. The number of nitrogens with zero attached hydrogens (tertiary/aromatic N) is 3. The molecule has 0 fully saturated rings. The highest BCUT2D eigenvalue weighted by Crippen LogP contribution is 2.15. The van der Waals surface area contributed by atoms with E-state index in [4.69, 9.17) is 5.26 Å². The highest BCUT2D eigenvalue weighted by atomic mass is 16.3. The first-order valence-corrected chi connectivity index (χ1v) is 5.89. The van der Waals surface area contributed by atoms with Crippen LogP contribution in [0.3, 0.4) is 0 Å². The number of hydrogen-bond acceptors (Lipinski definition) is 5. The van der Waals surface area contributed by atoms with Gasteiger partial charge in [0.1, 0.15) is 11.9 Å². The number of aryl methyl sites for hydroxylation is 2. The maximum Gasteiger partial charge on any atom is 0.126 e. The zero-order valence-corrected chi connectivity index (χ0v) is 11.4. The number of nitriles is 1. The molecule has 5 nitrogen and oxygen atoms in total. The molecule has 0 spiro atoms. The summed E-state index contributed by atoms with van der Waals surface area (Å²) in [4.78, 5) is 6.22. The number of aliphatic hydroxyl groups is 1. The van der Waals surface area contributed by atoms with Crippen molar-refractivity contribution in [1.29, 1.82) is 5.26 Å². The molecule has 0 saturated carbocycles. The first-order valence-electron chi connectivity index (χ1n) is 5.89. The van der Waals surface area contributed by atoms with Crippen LogP contribution in [0.15, 0.2) is 6.07 Å². The SMILES string of the molecule is Cc1cc(NC[C@@H](O)CN(C)C)nc(C)c1C#N. The molecule has 0 amide bonds. The average Bonchev–Trinajstić information content (AvgIpc) is 2.25. The molecule has 1 rings (SSSR count). The fourth-order valence-corrected chi connectivity index (χ4v) is 1.80. The maximum absolute atomic E-state index is 9.74. The molecule has 0 aliphatic rings. The largest absolute Gasteiger partial charge is 0.390 e. The molecule has 5 heteroatoms. The molecule has 0 aromatic carbocycles. The topological polar surface area (TPSA) is 72.2 Å². The summed E-state index contributed by atoms with van der Waals surface area (Å²) in [7, 11) is 3.83. The second-order valence-electron chi connectivity index (χ2n) is 4.69. The van der Waals surface area contributed by atoms with Gasteiger partial charge in [-0.2, -0.15) is 5.26 Å². The number of rotatable bonds is 5. The Balaban J connectivity index is 2.67. The van der Waals surface area contributed by atoms with Crippen LogP contribution < -0.4 is 5.32 Å². The lowest BCUT2D eigenvalue weighted by Crippen LogP contribution is -2.31. The number of likely N-dealkylation sites (N-methyl/N-ethyl adjacent to an activating group) is 1. The van der Waals surface area contributed by atoms with Crippen molar-refractivity contribution in [2.45, 2.75) is 20.0 Å². The van der Waals surface area contributed by atoms with E-state index in [1.165, 1.54) is 0 Å². The Kier molecular flexibility index (Phi) is 5.08. The lowest BCUT2D eigenvalue weighted by molar-refractivity contribution is 0.148. The third-order valence-electron chi connectivity index (χ3n) is 2.60. The van der Waals surface area contributed by atoms with Gasteiger partial charge in [-0.3, -0.25) is 0 Å². The second kappa shape index (κ2) is 6.34. The molecule has 0 unspecified atom stereocenters. The highest BCUT2D eigenvalue weighted by molar-refractivity contribution is 5.48. The van der Waals surface area contributed by atoms with Gasteiger partial charge >= 0.3 is 0 Å². The van der Waals surface area contributed by atoms with Crippen LogP contribution in [0.1, 0.15) is 16.8 Å². The van der Waals surface area contributed by atoms with Crippen molar-refractivity contribution in [3.63, 3.8) is 0 Å². The van der Waals surface area contributed by atoms with Crippen molar-refractivity contribution in [3.05, 3.63) is 22.9 Å². The van der Waals surface area contributed by atoms with E-state index in [1.807, 2.05) is 38.9 Å². The summed E-state index contributed by atoms with van der Waals surface area (Å²) in [5.41, 5.74) is 2.23. The summed E-state index contributed by atoms with van der Waals surface area (Å²) in [5, 5.41) is 21.8. The van der Waals surface area contributed by atoms with E-state index in [-0.39, 0.29) is 0 Å². The molecule has 1 aromatic rings. The summed E-state index contributed by atoms with van der Waals surface area (Å²) in [6.45, 7) is 4.73. The normalized spacial score (nSPS) is 12.3. The predicted molar refractivity (Wildman–Crippen MR) is 71.5 cm³/mol. The summed E-state index contributed by atoms with van der Waals surface area (Å²) < 4.78 is 0. The highest BCUT2D eigenvalue weighted by Gasteiger charge is 2.08. The van der Waals surface area contributed by atoms with Gasteiger partial charge in [-0.25, -0.2) is 4.98 Å². The summed E-state index contributed by atoms with van der Waals surface area (Å²) in [6.07, 6.45) is -0.446. The molecular formula is C13H20N4O. The van der Waals surface area contributed by atoms with Gasteiger partial charge in [-0.1, -0.05) is 0 Å². The van der Waals surface area contributed by atoms with Crippen LogP contribution in [0.4, 0.5) is 5.82 Å². The van der Waals surface area contributed by atoms with Crippen LogP contribution in [0, 0.1) is 25.2 Å². The molecule has 0 radical (unpaired) electrons. The zero-order valence-electron chi connectivity index (χ0n) is 11.4. The average molecular weight is 248 g/mol. The van der Waals surface area contributed by atoms with Crippen molar-refractivity contribution in [3.8, 4) is 6.07 Å². The minimum Gasteiger partial charge on any atom is -0.390 e. The number of hydrogen-bond donors (Lipinski definition) is 2. The minimum absolute atomic E-state index is 0.440. The van der Waals surface area contributed by atoms with Crippen LogP contribution in [0.5, 0.6) is 0 Å². The number of aliphatic hydroxyl groups excluding tert-OH is 1. The van der Waals surface area contributed by atoms with E-state index in [9.17, 15) is 5.11 Å². The van der Waals surface area contributed by atoms with E-state index in [0.717, 1.165) is 5.56 Å². The molecule has 0 aliphatic carbocycles. The molecule has 1 atom stereocenters. The van der Waals surface area contributed by atoms with Gasteiger partial charge in [0.25, 0.3) is 0 Å². The predicted octanol–water partition coefficient (Wildman–Crippen LogP) is 0.905. The van der Waals surface area contributed by atoms with Crippen molar-refractivity contribution in [2.75, 3.05) is 32.5 Å². The Labute approximate surface area is 108 Å². The fraction of sp³-hybridized carbons (Fsp3) is 0.538. The van der Waals surface area contributed by atoms with Gasteiger partial charge in [-0.15, -0.1) is 0 Å². The second-order valence-corrected chi connectivity index (χ2v) is 4.69. The molecule has 18 heavy (non-hydrogen) atoms. The zero-order chi connectivity index (χ0) is 13.7. The lowest BCUT2D eigenvalue weighted by atomic mass is 10.1. The van der Waals surface area contributed by atoms with Crippen molar-refractivity contribution >= 4 is 5.82 Å². The summed E-state index contributed by atoms with van der Waals surface area (Å²) in [6, 6.07) is 3.96. The Bertz CT molecular complexity index is 428. The number of aromatic nitrogens is 1. The number of nitrogens with one attached hydrogen (secondary N) is 1. The van der Waals surface area contributed by atoms with Crippen LogP contribution in [-0.2, 0) is 0 Å². The van der Waals surface area contributed by atoms with E-state index in [0.29, 0.717) is 30.2 Å². The molecule has 98 valence electrons. The minimum atomic E-state index is -0.446. The molecule has 0 bridgehead atoms.